The molecule has 1 aliphatic heterocycles. The zero-order valence-corrected chi connectivity index (χ0v) is 17.7. The third-order valence-corrected chi connectivity index (χ3v) is 6.07. The predicted molar refractivity (Wildman–Crippen MR) is 119 cm³/mol. The molecule has 2 heterocycles. The number of fused-ring (bicyclic) bond motifs is 3. The molecule has 0 fully saturated rings. The smallest absolute Gasteiger partial charge is 0.224 e. The standard InChI is InChI=1S/C24H29N3O3/c1-4-23(29)25-20-13-16(9-10-22(20)30-3)21(28)14-27-12-11-18-17-7-5-6-8-19(17)26-24(18)15(27)2/h5-10,13,15,21,26,28H,4,11-12,14H2,1-3H3,(H,25,29). The van der Waals surface area contributed by atoms with Crippen LogP contribution in [0.1, 0.15) is 49.2 Å². The highest BCUT2D eigenvalue weighted by Gasteiger charge is 2.28. The Morgan fingerprint density at radius 1 is 1.33 bits per heavy atom. The molecule has 0 saturated heterocycles. The molecule has 2 aromatic carbocycles. The number of ether oxygens (including phenoxy) is 1. The second-order valence-electron chi connectivity index (χ2n) is 7.86. The SMILES string of the molecule is CCC(=O)Nc1cc(C(O)CN2CCc3c([nH]c4ccccc34)C2C)ccc1OC. The number of aliphatic hydroxyl groups is 1. The van der Waals surface area contributed by atoms with Gasteiger partial charge in [-0.05, 0) is 42.7 Å². The van der Waals surface area contributed by atoms with Crippen molar-refractivity contribution in [2.45, 2.75) is 38.8 Å². The van der Waals surface area contributed by atoms with E-state index in [4.69, 9.17) is 4.74 Å². The van der Waals surface area contributed by atoms with Crippen LogP contribution in [0.15, 0.2) is 42.5 Å². The minimum atomic E-state index is -0.665. The topological polar surface area (TPSA) is 77.6 Å². The second-order valence-corrected chi connectivity index (χ2v) is 7.86. The Hall–Kier alpha value is -2.83. The number of β-amino-alcohol motifs (C(OH)–C–C–N with tert-alkyl or cyclic N) is 1. The van der Waals surface area contributed by atoms with Crippen molar-refractivity contribution in [1.29, 1.82) is 0 Å². The summed E-state index contributed by atoms with van der Waals surface area (Å²) in [6, 6.07) is 14.1. The van der Waals surface area contributed by atoms with Gasteiger partial charge in [-0.25, -0.2) is 0 Å². The largest absolute Gasteiger partial charge is 0.495 e. The van der Waals surface area contributed by atoms with E-state index in [-0.39, 0.29) is 11.9 Å². The van der Waals surface area contributed by atoms with Gasteiger partial charge in [-0.3, -0.25) is 9.69 Å². The fourth-order valence-electron chi connectivity index (χ4n) is 4.32. The van der Waals surface area contributed by atoms with Crippen molar-refractivity contribution in [3.05, 3.63) is 59.3 Å². The number of aliphatic hydroxyl groups excluding tert-OH is 1. The molecule has 0 aliphatic carbocycles. The average Bonchev–Trinajstić information content (AvgIpc) is 3.15. The number of nitrogens with zero attached hydrogens (tertiary/aromatic N) is 1. The normalized spacial score (nSPS) is 17.5. The van der Waals surface area contributed by atoms with Gasteiger partial charge >= 0.3 is 0 Å². The van der Waals surface area contributed by atoms with Crippen molar-refractivity contribution in [2.75, 3.05) is 25.5 Å². The van der Waals surface area contributed by atoms with Gasteiger partial charge in [0.15, 0.2) is 0 Å². The number of methoxy groups -OCH3 is 1. The number of aromatic nitrogens is 1. The van der Waals surface area contributed by atoms with E-state index in [0.29, 0.717) is 24.4 Å². The van der Waals surface area contributed by atoms with Gasteiger partial charge in [0.2, 0.25) is 5.91 Å². The summed E-state index contributed by atoms with van der Waals surface area (Å²) in [4.78, 5) is 17.7. The molecule has 1 aromatic heterocycles. The Kier molecular flexibility index (Phi) is 5.79. The highest BCUT2D eigenvalue weighted by molar-refractivity contribution is 5.92. The molecule has 1 amide bonds. The average molecular weight is 408 g/mol. The van der Waals surface area contributed by atoms with Crippen LogP contribution in [0, 0.1) is 0 Å². The highest BCUT2D eigenvalue weighted by Crippen LogP contribution is 2.35. The minimum absolute atomic E-state index is 0.0871. The van der Waals surface area contributed by atoms with Crippen LogP contribution in [0.25, 0.3) is 10.9 Å². The van der Waals surface area contributed by atoms with Gasteiger partial charge in [0.05, 0.1) is 18.9 Å². The number of carbonyl (C=O) groups excluding carboxylic acids is 1. The molecule has 6 heteroatoms. The van der Waals surface area contributed by atoms with Crippen molar-refractivity contribution in [2.24, 2.45) is 0 Å². The van der Waals surface area contributed by atoms with Gasteiger partial charge in [0, 0.05) is 42.1 Å². The lowest BCUT2D eigenvalue weighted by molar-refractivity contribution is -0.115. The number of hydrogen-bond donors (Lipinski definition) is 3. The molecule has 3 aromatic rings. The van der Waals surface area contributed by atoms with E-state index in [1.165, 1.54) is 22.2 Å². The maximum atomic E-state index is 11.8. The molecule has 0 bridgehead atoms. The van der Waals surface area contributed by atoms with Crippen LogP contribution in [0.5, 0.6) is 5.75 Å². The van der Waals surface area contributed by atoms with Crippen molar-refractivity contribution in [1.82, 2.24) is 9.88 Å². The van der Waals surface area contributed by atoms with Gasteiger partial charge in [0.1, 0.15) is 5.75 Å². The number of rotatable bonds is 6. The Labute approximate surface area is 176 Å². The van der Waals surface area contributed by atoms with E-state index in [1.54, 1.807) is 26.2 Å². The first kappa shape index (κ1) is 20.4. The Bertz CT molecular complexity index is 1060. The number of nitrogens with one attached hydrogen (secondary N) is 2. The van der Waals surface area contributed by atoms with Crippen molar-refractivity contribution < 1.29 is 14.6 Å². The number of para-hydroxylation sites is 1. The predicted octanol–water partition coefficient (Wildman–Crippen LogP) is 4.18. The molecule has 158 valence electrons. The molecule has 30 heavy (non-hydrogen) atoms. The second kappa shape index (κ2) is 8.50. The van der Waals surface area contributed by atoms with Gasteiger partial charge in [-0.2, -0.15) is 0 Å². The van der Waals surface area contributed by atoms with Crippen LogP contribution >= 0.6 is 0 Å². The monoisotopic (exact) mass is 407 g/mol. The number of H-pyrrole nitrogens is 1. The van der Waals surface area contributed by atoms with E-state index >= 15 is 0 Å². The summed E-state index contributed by atoms with van der Waals surface area (Å²) in [5, 5.41) is 15.1. The first-order valence-electron chi connectivity index (χ1n) is 10.5. The molecule has 0 saturated carbocycles. The highest BCUT2D eigenvalue weighted by atomic mass is 16.5. The zero-order chi connectivity index (χ0) is 21.3. The minimum Gasteiger partial charge on any atom is -0.495 e. The molecule has 6 nitrogen and oxygen atoms in total. The number of carbonyl (C=O) groups is 1. The molecule has 1 aliphatic rings. The van der Waals surface area contributed by atoms with E-state index in [1.807, 2.05) is 6.07 Å². The zero-order valence-electron chi connectivity index (χ0n) is 17.7. The van der Waals surface area contributed by atoms with Crippen LogP contribution in [0.3, 0.4) is 0 Å². The molecular weight excluding hydrogens is 378 g/mol. The number of anilines is 1. The molecule has 3 N–H and O–H groups in total. The van der Waals surface area contributed by atoms with Crippen molar-refractivity contribution in [3.8, 4) is 5.75 Å². The first-order valence-corrected chi connectivity index (χ1v) is 10.5. The number of aromatic amines is 1. The van der Waals surface area contributed by atoms with E-state index < -0.39 is 6.10 Å². The number of amides is 1. The summed E-state index contributed by atoms with van der Waals surface area (Å²) in [6.07, 6.45) is 0.673. The Morgan fingerprint density at radius 3 is 2.90 bits per heavy atom. The van der Waals surface area contributed by atoms with E-state index in [9.17, 15) is 9.90 Å². The maximum absolute atomic E-state index is 11.8. The quantitative estimate of drug-likeness (QED) is 0.573. The molecule has 2 atom stereocenters. The van der Waals surface area contributed by atoms with Crippen LogP contribution in [0.2, 0.25) is 0 Å². The molecule has 0 spiro atoms. The van der Waals surface area contributed by atoms with Crippen molar-refractivity contribution in [3.63, 3.8) is 0 Å². The van der Waals surface area contributed by atoms with Gasteiger partial charge in [-0.1, -0.05) is 31.2 Å². The lowest BCUT2D eigenvalue weighted by Crippen LogP contribution is -2.36. The molecule has 4 rings (SSSR count). The molecule has 0 radical (unpaired) electrons. The fourth-order valence-corrected chi connectivity index (χ4v) is 4.32. The summed E-state index contributed by atoms with van der Waals surface area (Å²) in [5.41, 5.74) is 5.14. The lowest BCUT2D eigenvalue weighted by Gasteiger charge is -2.35. The lowest BCUT2D eigenvalue weighted by atomic mass is 9.97. The summed E-state index contributed by atoms with van der Waals surface area (Å²) in [6.45, 7) is 5.39. The summed E-state index contributed by atoms with van der Waals surface area (Å²) in [7, 11) is 1.57. The van der Waals surface area contributed by atoms with Gasteiger partial charge < -0.3 is 20.1 Å². The van der Waals surface area contributed by atoms with Crippen LogP contribution in [0.4, 0.5) is 5.69 Å². The van der Waals surface area contributed by atoms with Crippen LogP contribution in [-0.4, -0.2) is 41.1 Å². The molecular formula is C24H29N3O3. The van der Waals surface area contributed by atoms with Crippen molar-refractivity contribution >= 4 is 22.5 Å². The number of benzene rings is 2. The third kappa shape index (κ3) is 3.80. The summed E-state index contributed by atoms with van der Waals surface area (Å²) in [5.74, 6) is 0.498. The van der Waals surface area contributed by atoms with Crippen LogP contribution < -0.4 is 10.1 Å². The number of hydrogen-bond acceptors (Lipinski definition) is 4. The summed E-state index contributed by atoms with van der Waals surface area (Å²) >= 11 is 0. The summed E-state index contributed by atoms with van der Waals surface area (Å²) < 4.78 is 5.35. The Balaban J connectivity index is 1.53. The van der Waals surface area contributed by atoms with E-state index in [0.717, 1.165) is 18.5 Å². The van der Waals surface area contributed by atoms with Crippen LogP contribution in [-0.2, 0) is 11.2 Å². The Morgan fingerprint density at radius 2 is 2.13 bits per heavy atom. The first-order chi connectivity index (χ1) is 14.5. The molecule has 2 unspecified atom stereocenters. The van der Waals surface area contributed by atoms with Gasteiger partial charge in [0.25, 0.3) is 0 Å². The maximum Gasteiger partial charge on any atom is 0.224 e. The van der Waals surface area contributed by atoms with Gasteiger partial charge in [-0.15, -0.1) is 0 Å². The fraction of sp³-hybridized carbons (Fsp3) is 0.375. The van der Waals surface area contributed by atoms with E-state index in [2.05, 4.69) is 46.4 Å². The third-order valence-electron chi connectivity index (χ3n) is 6.07.